The first-order valence-corrected chi connectivity index (χ1v) is 10.7. The molecule has 0 bridgehead atoms. The molecule has 0 radical (unpaired) electrons. The van der Waals surface area contributed by atoms with E-state index in [-0.39, 0.29) is 24.0 Å². The summed E-state index contributed by atoms with van der Waals surface area (Å²) < 4.78 is 34.2. The van der Waals surface area contributed by atoms with Crippen molar-refractivity contribution in [1.82, 2.24) is 5.32 Å². The smallest absolute Gasteiger partial charge is 0.257 e. The van der Waals surface area contributed by atoms with Crippen molar-refractivity contribution in [2.24, 2.45) is 10.9 Å². The molecule has 2 heterocycles. The molecule has 2 aromatic rings. The SMILES string of the molecule is C#CC(O)C1CC2CSC(NC(=O)c3ccccc3)=NC2(c2ccc(F)cc2F)CO1. The lowest BCUT2D eigenvalue weighted by Crippen LogP contribution is -2.53. The third-order valence-electron chi connectivity index (χ3n) is 5.61. The molecule has 0 spiro atoms. The molecule has 4 atom stereocenters. The number of terminal acetylenes is 1. The number of halogens is 2. The highest BCUT2D eigenvalue weighted by atomic mass is 32.2. The fraction of sp³-hybridized carbons (Fsp3) is 0.304. The van der Waals surface area contributed by atoms with E-state index in [0.29, 0.717) is 22.9 Å². The summed E-state index contributed by atoms with van der Waals surface area (Å²) in [6, 6.07) is 12.0. The number of fused-ring (bicyclic) bond motifs is 1. The van der Waals surface area contributed by atoms with Crippen LogP contribution in [-0.4, -0.2) is 40.7 Å². The monoisotopic (exact) mass is 442 g/mol. The number of aliphatic hydroxyl groups excluding tert-OH is 1. The van der Waals surface area contributed by atoms with Gasteiger partial charge in [0.25, 0.3) is 5.91 Å². The molecule has 2 aromatic carbocycles. The van der Waals surface area contributed by atoms with Crippen LogP contribution in [0, 0.1) is 29.9 Å². The van der Waals surface area contributed by atoms with Crippen molar-refractivity contribution in [3.8, 4) is 12.3 Å². The maximum atomic E-state index is 14.8. The number of ether oxygens (including phenoxy) is 1. The van der Waals surface area contributed by atoms with Gasteiger partial charge in [0, 0.05) is 28.9 Å². The molecule has 160 valence electrons. The summed E-state index contributed by atoms with van der Waals surface area (Å²) in [5.74, 6) is 0.737. The molecule has 1 fully saturated rings. The van der Waals surface area contributed by atoms with Crippen molar-refractivity contribution in [3.05, 3.63) is 71.3 Å². The topological polar surface area (TPSA) is 70.9 Å². The van der Waals surface area contributed by atoms with Gasteiger partial charge in [-0.15, -0.1) is 6.42 Å². The van der Waals surface area contributed by atoms with Gasteiger partial charge in [-0.05, 0) is 24.6 Å². The third kappa shape index (κ3) is 4.22. The number of nitrogens with one attached hydrogen (secondary N) is 1. The summed E-state index contributed by atoms with van der Waals surface area (Å²) in [5, 5.41) is 13.1. The van der Waals surface area contributed by atoms with Crippen LogP contribution in [0.5, 0.6) is 0 Å². The number of benzene rings is 2. The molecule has 1 saturated heterocycles. The molecular formula is C23H20F2N2O3S. The third-order valence-corrected chi connectivity index (χ3v) is 6.64. The summed E-state index contributed by atoms with van der Waals surface area (Å²) >= 11 is 1.33. The largest absolute Gasteiger partial charge is 0.378 e. The molecule has 2 N–H and O–H groups in total. The fourth-order valence-electron chi connectivity index (χ4n) is 3.97. The Kier molecular flexibility index (Phi) is 6.10. The molecule has 0 saturated carbocycles. The van der Waals surface area contributed by atoms with Gasteiger partial charge in [-0.2, -0.15) is 0 Å². The van der Waals surface area contributed by atoms with Crippen LogP contribution in [0.3, 0.4) is 0 Å². The van der Waals surface area contributed by atoms with Crippen molar-refractivity contribution in [2.45, 2.75) is 24.2 Å². The van der Waals surface area contributed by atoms with Gasteiger partial charge in [0.05, 0.1) is 12.7 Å². The summed E-state index contributed by atoms with van der Waals surface area (Å²) in [4.78, 5) is 17.3. The molecule has 5 nitrogen and oxygen atoms in total. The van der Waals surface area contributed by atoms with Crippen LogP contribution in [0.15, 0.2) is 53.5 Å². The number of rotatable bonds is 3. The van der Waals surface area contributed by atoms with E-state index in [4.69, 9.17) is 16.2 Å². The first kappa shape index (κ1) is 21.5. The second-order valence-corrected chi connectivity index (χ2v) is 8.50. The van der Waals surface area contributed by atoms with E-state index in [9.17, 15) is 18.7 Å². The molecule has 0 aromatic heterocycles. The maximum Gasteiger partial charge on any atom is 0.257 e. The van der Waals surface area contributed by atoms with Gasteiger partial charge in [-0.1, -0.05) is 41.9 Å². The van der Waals surface area contributed by atoms with E-state index in [2.05, 4.69) is 11.2 Å². The van der Waals surface area contributed by atoms with Gasteiger partial charge in [-0.25, -0.2) is 13.8 Å². The summed E-state index contributed by atoms with van der Waals surface area (Å²) in [7, 11) is 0. The van der Waals surface area contributed by atoms with Crippen LogP contribution in [0.2, 0.25) is 0 Å². The number of aliphatic hydroxyl groups is 1. The van der Waals surface area contributed by atoms with Gasteiger partial charge < -0.3 is 15.2 Å². The minimum absolute atomic E-state index is 0.0606. The standard InChI is InChI=1S/C23H20F2N2O3S/c1-2-19(28)20-10-15-12-31-22(26-21(29)14-6-4-3-5-7-14)27-23(15,13-30-20)17-9-8-16(24)11-18(17)25/h1,3-9,11,15,19-20,28H,10,12-13H2,(H,26,27,29). The molecule has 4 unspecified atom stereocenters. The number of aliphatic imine (C=N–C) groups is 1. The number of hydrogen-bond acceptors (Lipinski definition) is 5. The second kappa shape index (κ2) is 8.79. The Labute approximate surface area is 182 Å². The summed E-state index contributed by atoms with van der Waals surface area (Å²) in [5.41, 5.74) is -0.529. The number of hydrogen-bond donors (Lipinski definition) is 2. The lowest BCUT2D eigenvalue weighted by Gasteiger charge is -2.47. The first-order chi connectivity index (χ1) is 14.9. The van der Waals surface area contributed by atoms with E-state index >= 15 is 0 Å². The zero-order valence-electron chi connectivity index (χ0n) is 16.4. The number of nitrogens with zero attached hydrogens (tertiary/aromatic N) is 1. The van der Waals surface area contributed by atoms with Crippen LogP contribution in [0.1, 0.15) is 22.3 Å². The van der Waals surface area contributed by atoms with Crippen molar-refractivity contribution in [3.63, 3.8) is 0 Å². The number of amides is 1. The average molecular weight is 442 g/mol. The van der Waals surface area contributed by atoms with Gasteiger partial charge in [-0.3, -0.25) is 4.79 Å². The van der Waals surface area contributed by atoms with Gasteiger partial charge in [0.2, 0.25) is 0 Å². The van der Waals surface area contributed by atoms with Crippen molar-refractivity contribution >= 4 is 22.8 Å². The quantitative estimate of drug-likeness (QED) is 0.717. The van der Waals surface area contributed by atoms with Gasteiger partial charge in [0.15, 0.2) is 5.17 Å². The highest BCUT2D eigenvalue weighted by Gasteiger charge is 2.50. The van der Waals surface area contributed by atoms with E-state index < -0.39 is 29.4 Å². The highest BCUT2D eigenvalue weighted by Crippen LogP contribution is 2.47. The van der Waals surface area contributed by atoms with E-state index in [1.807, 2.05) is 0 Å². The molecule has 2 aliphatic heterocycles. The number of amidine groups is 1. The fourth-order valence-corrected chi connectivity index (χ4v) is 5.13. The lowest BCUT2D eigenvalue weighted by molar-refractivity contribution is -0.0936. The van der Waals surface area contributed by atoms with Crippen molar-refractivity contribution in [1.29, 1.82) is 0 Å². The van der Waals surface area contributed by atoms with Crippen LogP contribution >= 0.6 is 11.8 Å². The Hall–Kier alpha value is -2.73. The minimum atomic E-state index is -1.17. The summed E-state index contributed by atoms with van der Waals surface area (Å²) in [6.07, 6.45) is 3.97. The van der Waals surface area contributed by atoms with Crippen molar-refractivity contribution in [2.75, 3.05) is 12.4 Å². The van der Waals surface area contributed by atoms with Crippen LogP contribution in [0.4, 0.5) is 8.78 Å². The van der Waals surface area contributed by atoms with Crippen LogP contribution in [-0.2, 0) is 10.3 Å². The van der Waals surface area contributed by atoms with E-state index in [1.165, 1.54) is 23.9 Å². The zero-order chi connectivity index (χ0) is 22.0. The molecule has 8 heteroatoms. The Morgan fingerprint density at radius 2 is 2.10 bits per heavy atom. The average Bonchev–Trinajstić information content (AvgIpc) is 2.78. The zero-order valence-corrected chi connectivity index (χ0v) is 17.2. The number of carbonyl (C=O) groups is 1. The predicted molar refractivity (Wildman–Crippen MR) is 115 cm³/mol. The molecule has 0 aliphatic carbocycles. The number of carbonyl (C=O) groups excluding carboxylic acids is 1. The molecular weight excluding hydrogens is 422 g/mol. The van der Waals surface area contributed by atoms with E-state index in [0.717, 1.165) is 6.07 Å². The highest BCUT2D eigenvalue weighted by molar-refractivity contribution is 8.13. The first-order valence-electron chi connectivity index (χ1n) is 9.73. The molecule has 2 aliphatic rings. The maximum absolute atomic E-state index is 14.8. The molecule has 31 heavy (non-hydrogen) atoms. The predicted octanol–water partition coefficient (Wildman–Crippen LogP) is 3.09. The summed E-state index contributed by atoms with van der Waals surface area (Å²) in [6.45, 7) is -0.0606. The van der Waals surface area contributed by atoms with Crippen molar-refractivity contribution < 1.29 is 23.4 Å². The Morgan fingerprint density at radius 1 is 1.32 bits per heavy atom. The normalized spacial score (nSPS) is 26.2. The van der Waals surface area contributed by atoms with Gasteiger partial charge >= 0.3 is 0 Å². The van der Waals surface area contributed by atoms with E-state index in [1.54, 1.807) is 30.3 Å². The van der Waals surface area contributed by atoms with Gasteiger partial charge in [0.1, 0.15) is 23.3 Å². The Bertz CT molecular complexity index is 1060. The van der Waals surface area contributed by atoms with Crippen LogP contribution in [0.25, 0.3) is 0 Å². The second-order valence-electron chi connectivity index (χ2n) is 7.49. The number of thioether (sulfide) groups is 1. The van der Waals surface area contributed by atoms with Crippen LogP contribution < -0.4 is 5.32 Å². The molecule has 4 rings (SSSR count). The Balaban J connectivity index is 1.70. The minimum Gasteiger partial charge on any atom is -0.378 e. The lowest BCUT2D eigenvalue weighted by atomic mass is 9.74. The Morgan fingerprint density at radius 3 is 2.81 bits per heavy atom. The molecule has 1 amide bonds.